The van der Waals surface area contributed by atoms with Crippen LogP contribution in [0.1, 0.15) is 21.5 Å². The average Bonchev–Trinajstić information content (AvgIpc) is 2.57. The Morgan fingerprint density at radius 2 is 1.54 bits per heavy atom. The Labute approximate surface area is 140 Å². The van der Waals surface area contributed by atoms with Crippen LogP contribution in [0.4, 0.5) is 4.39 Å². The molecule has 0 radical (unpaired) electrons. The van der Waals surface area contributed by atoms with E-state index in [1.54, 1.807) is 12.1 Å². The van der Waals surface area contributed by atoms with Crippen LogP contribution in [-0.4, -0.2) is 5.97 Å². The number of hydrogen-bond acceptors (Lipinski definition) is 2. The van der Waals surface area contributed by atoms with Crippen molar-refractivity contribution in [1.29, 1.82) is 0 Å². The lowest BCUT2D eigenvalue weighted by Gasteiger charge is -2.10. The lowest BCUT2D eigenvalue weighted by molar-refractivity contribution is 0.0728. The molecule has 0 bridgehead atoms. The van der Waals surface area contributed by atoms with Crippen LogP contribution in [0.25, 0.3) is 11.1 Å². The Morgan fingerprint density at radius 3 is 2.21 bits per heavy atom. The number of hydrogen-bond donors (Lipinski definition) is 0. The van der Waals surface area contributed by atoms with Gasteiger partial charge in [0.1, 0.15) is 11.6 Å². The van der Waals surface area contributed by atoms with Crippen LogP contribution in [0.2, 0.25) is 0 Å². The van der Waals surface area contributed by atoms with E-state index in [1.807, 2.05) is 26.0 Å². The molecule has 0 N–H and O–H groups in total. The molecule has 0 atom stereocenters. The van der Waals surface area contributed by atoms with E-state index in [-0.39, 0.29) is 5.56 Å². The highest BCUT2D eigenvalue weighted by Gasteiger charge is 2.14. The molecule has 2 nitrogen and oxygen atoms in total. The van der Waals surface area contributed by atoms with Crippen molar-refractivity contribution in [3.63, 3.8) is 0 Å². The predicted octanol–water partition coefficient (Wildman–Crippen LogP) is 5.33. The Morgan fingerprint density at radius 1 is 0.875 bits per heavy atom. The quantitative estimate of drug-likeness (QED) is 0.482. The van der Waals surface area contributed by atoms with Gasteiger partial charge in [-0.15, -0.1) is 0 Å². The smallest absolute Gasteiger partial charge is 0.346 e. The summed E-state index contributed by atoms with van der Waals surface area (Å²) in [5, 5.41) is 0. The molecule has 0 amide bonds. The van der Waals surface area contributed by atoms with Crippen LogP contribution < -0.4 is 4.74 Å². The number of halogens is 1. The fourth-order valence-corrected chi connectivity index (χ4v) is 2.47. The van der Waals surface area contributed by atoms with Crippen molar-refractivity contribution in [2.45, 2.75) is 13.8 Å². The number of carbonyl (C=O) groups is 1. The summed E-state index contributed by atoms with van der Waals surface area (Å²) in [5.41, 5.74) is 4.08. The van der Waals surface area contributed by atoms with E-state index < -0.39 is 11.8 Å². The molecule has 0 heterocycles. The maximum absolute atomic E-state index is 13.7. The second-order valence-corrected chi connectivity index (χ2v) is 5.72. The van der Waals surface area contributed by atoms with E-state index in [4.69, 9.17) is 4.74 Å². The molecule has 0 aromatic heterocycles. The molecule has 0 saturated carbocycles. The Bertz CT molecular complexity index is 883. The highest BCUT2D eigenvalue weighted by molar-refractivity contribution is 5.91. The monoisotopic (exact) mass is 320 g/mol. The standard InChI is InChI=1S/C21H17FO2/c1-14-7-9-16(10-8-14)17-11-12-20(15(2)13-17)24-21(23)18-5-3-4-6-19(18)22/h3-13H,1-2H3. The molecule has 3 aromatic carbocycles. The first-order chi connectivity index (χ1) is 11.5. The fraction of sp³-hybridized carbons (Fsp3) is 0.0952. The van der Waals surface area contributed by atoms with Gasteiger partial charge in [0, 0.05) is 0 Å². The maximum Gasteiger partial charge on any atom is 0.346 e. The molecule has 120 valence electrons. The zero-order valence-corrected chi connectivity index (χ0v) is 13.5. The minimum atomic E-state index is -0.695. The lowest BCUT2D eigenvalue weighted by atomic mass is 10.0. The second-order valence-electron chi connectivity index (χ2n) is 5.72. The summed E-state index contributed by atoms with van der Waals surface area (Å²) in [6, 6.07) is 19.6. The van der Waals surface area contributed by atoms with Gasteiger partial charge in [-0.25, -0.2) is 9.18 Å². The van der Waals surface area contributed by atoms with Crippen molar-refractivity contribution in [1.82, 2.24) is 0 Å². The summed E-state index contributed by atoms with van der Waals surface area (Å²) in [4.78, 5) is 12.1. The number of esters is 1. The predicted molar refractivity (Wildman–Crippen MR) is 92.7 cm³/mol. The van der Waals surface area contributed by atoms with E-state index in [2.05, 4.69) is 24.3 Å². The number of rotatable bonds is 3. The van der Waals surface area contributed by atoms with Gasteiger partial charge in [-0.2, -0.15) is 0 Å². The van der Waals surface area contributed by atoms with Gasteiger partial charge in [-0.3, -0.25) is 0 Å². The SMILES string of the molecule is Cc1ccc(-c2ccc(OC(=O)c3ccccc3F)c(C)c2)cc1. The van der Waals surface area contributed by atoms with Crippen molar-refractivity contribution in [2.75, 3.05) is 0 Å². The van der Waals surface area contributed by atoms with Gasteiger partial charge >= 0.3 is 5.97 Å². The molecule has 0 fully saturated rings. The van der Waals surface area contributed by atoms with Crippen molar-refractivity contribution in [3.05, 3.63) is 89.2 Å². The molecule has 3 heteroatoms. The van der Waals surface area contributed by atoms with E-state index in [0.717, 1.165) is 16.7 Å². The van der Waals surface area contributed by atoms with Crippen LogP contribution in [-0.2, 0) is 0 Å². The number of benzene rings is 3. The Kier molecular flexibility index (Phi) is 4.43. The van der Waals surface area contributed by atoms with E-state index >= 15 is 0 Å². The van der Waals surface area contributed by atoms with E-state index in [9.17, 15) is 9.18 Å². The third-order valence-corrected chi connectivity index (χ3v) is 3.86. The normalized spacial score (nSPS) is 10.5. The Balaban J connectivity index is 1.84. The largest absolute Gasteiger partial charge is 0.423 e. The molecule has 3 rings (SSSR count). The van der Waals surface area contributed by atoms with Crippen LogP contribution in [0.5, 0.6) is 5.75 Å². The van der Waals surface area contributed by atoms with Gasteiger partial charge in [0.2, 0.25) is 0 Å². The number of ether oxygens (including phenoxy) is 1. The first-order valence-corrected chi connectivity index (χ1v) is 7.69. The molecule has 3 aromatic rings. The fourth-order valence-electron chi connectivity index (χ4n) is 2.47. The van der Waals surface area contributed by atoms with Crippen LogP contribution in [0.3, 0.4) is 0 Å². The third-order valence-electron chi connectivity index (χ3n) is 3.86. The summed E-state index contributed by atoms with van der Waals surface area (Å²) in [7, 11) is 0. The molecule has 0 spiro atoms. The number of aryl methyl sites for hydroxylation is 2. The van der Waals surface area contributed by atoms with Crippen molar-refractivity contribution in [2.24, 2.45) is 0 Å². The van der Waals surface area contributed by atoms with Crippen molar-refractivity contribution in [3.8, 4) is 16.9 Å². The van der Waals surface area contributed by atoms with Crippen LogP contribution in [0.15, 0.2) is 66.7 Å². The molecule has 24 heavy (non-hydrogen) atoms. The topological polar surface area (TPSA) is 26.3 Å². The van der Waals surface area contributed by atoms with Gasteiger partial charge in [-0.1, -0.05) is 48.0 Å². The maximum atomic E-state index is 13.7. The van der Waals surface area contributed by atoms with Crippen LogP contribution >= 0.6 is 0 Å². The first kappa shape index (κ1) is 15.9. The van der Waals surface area contributed by atoms with Gasteiger partial charge in [-0.05, 0) is 54.8 Å². The first-order valence-electron chi connectivity index (χ1n) is 7.69. The van der Waals surface area contributed by atoms with Gasteiger partial charge in [0.25, 0.3) is 0 Å². The summed E-state index contributed by atoms with van der Waals surface area (Å²) >= 11 is 0. The summed E-state index contributed by atoms with van der Waals surface area (Å²) < 4.78 is 19.0. The van der Waals surface area contributed by atoms with Crippen molar-refractivity contribution >= 4 is 5.97 Å². The zero-order chi connectivity index (χ0) is 17.1. The molecular weight excluding hydrogens is 303 g/mol. The zero-order valence-electron chi connectivity index (χ0n) is 13.5. The molecule has 0 aliphatic carbocycles. The van der Waals surface area contributed by atoms with Crippen LogP contribution in [0, 0.1) is 19.7 Å². The second kappa shape index (κ2) is 6.67. The molecule has 0 aliphatic heterocycles. The molecule has 0 unspecified atom stereocenters. The highest BCUT2D eigenvalue weighted by Crippen LogP contribution is 2.27. The third kappa shape index (κ3) is 3.35. The van der Waals surface area contributed by atoms with E-state index in [1.165, 1.54) is 23.8 Å². The van der Waals surface area contributed by atoms with Gasteiger partial charge in [0.15, 0.2) is 0 Å². The molecule has 0 saturated heterocycles. The van der Waals surface area contributed by atoms with Gasteiger partial charge < -0.3 is 4.74 Å². The van der Waals surface area contributed by atoms with Crippen molar-refractivity contribution < 1.29 is 13.9 Å². The molecule has 0 aliphatic rings. The summed E-state index contributed by atoms with van der Waals surface area (Å²) in [6.45, 7) is 3.90. The highest BCUT2D eigenvalue weighted by atomic mass is 19.1. The minimum absolute atomic E-state index is 0.0699. The van der Waals surface area contributed by atoms with E-state index in [0.29, 0.717) is 5.75 Å². The summed E-state index contributed by atoms with van der Waals surface area (Å²) in [6.07, 6.45) is 0. The number of carbonyl (C=O) groups excluding carboxylic acids is 1. The van der Waals surface area contributed by atoms with Gasteiger partial charge in [0.05, 0.1) is 5.56 Å². The lowest BCUT2D eigenvalue weighted by Crippen LogP contribution is -2.11. The summed E-state index contributed by atoms with van der Waals surface area (Å²) in [5.74, 6) is -0.852. The minimum Gasteiger partial charge on any atom is -0.423 e. The Hall–Kier alpha value is -2.94. The molecular formula is C21H17FO2. The average molecular weight is 320 g/mol.